The highest BCUT2D eigenvalue weighted by Crippen LogP contribution is 2.32. The van der Waals surface area contributed by atoms with Gasteiger partial charge in [0.2, 0.25) is 5.91 Å². The van der Waals surface area contributed by atoms with Gasteiger partial charge in [-0.05, 0) is 37.0 Å². The molecule has 21 heavy (non-hydrogen) atoms. The summed E-state index contributed by atoms with van der Waals surface area (Å²) in [6, 6.07) is 5.74. The van der Waals surface area contributed by atoms with Crippen LogP contribution in [-0.2, 0) is 4.79 Å². The Balaban J connectivity index is 1.91. The second-order valence-electron chi connectivity index (χ2n) is 5.39. The smallest absolute Gasteiger partial charge is 0.232 e. The van der Waals surface area contributed by atoms with Gasteiger partial charge in [0.1, 0.15) is 0 Å². The predicted octanol–water partition coefficient (Wildman–Crippen LogP) is 3.05. The van der Waals surface area contributed by atoms with Gasteiger partial charge < -0.3 is 14.4 Å². The number of ether oxygens (including phenoxy) is 2. The van der Waals surface area contributed by atoms with Gasteiger partial charge in [-0.15, -0.1) is 11.8 Å². The van der Waals surface area contributed by atoms with Crippen LogP contribution in [-0.4, -0.2) is 43.9 Å². The molecule has 1 saturated heterocycles. The minimum atomic E-state index is 0.223. The van der Waals surface area contributed by atoms with E-state index in [1.807, 2.05) is 23.1 Å². The van der Waals surface area contributed by atoms with Crippen molar-refractivity contribution in [3.8, 4) is 11.5 Å². The van der Waals surface area contributed by atoms with Crippen molar-refractivity contribution in [2.24, 2.45) is 5.92 Å². The van der Waals surface area contributed by atoms with Crippen molar-refractivity contribution in [1.82, 2.24) is 4.90 Å². The number of carbonyl (C=O) groups is 1. The molecule has 1 amide bonds. The van der Waals surface area contributed by atoms with E-state index in [9.17, 15) is 4.79 Å². The molecule has 1 aromatic carbocycles. The Morgan fingerprint density at radius 2 is 2.10 bits per heavy atom. The molecule has 1 fully saturated rings. The fourth-order valence-corrected chi connectivity index (χ4v) is 3.39. The van der Waals surface area contributed by atoms with Crippen LogP contribution in [0.5, 0.6) is 11.5 Å². The molecule has 5 heteroatoms. The topological polar surface area (TPSA) is 38.8 Å². The van der Waals surface area contributed by atoms with Crippen molar-refractivity contribution in [1.29, 1.82) is 0 Å². The van der Waals surface area contributed by atoms with Crippen LogP contribution in [0.15, 0.2) is 23.1 Å². The van der Waals surface area contributed by atoms with Crippen LogP contribution in [0.1, 0.15) is 19.8 Å². The van der Waals surface area contributed by atoms with Crippen LogP contribution in [0.2, 0.25) is 0 Å². The lowest BCUT2D eigenvalue weighted by Gasteiger charge is -2.30. The third-order valence-corrected chi connectivity index (χ3v) is 4.71. The molecule has 0 spiro atoms. The summed E-state index contributed by atoms with van der Waals surface area (Å²) in [5.41, 5.74) is 0. The number of thioether (sulfide) groups is 1. The van der Waals surface area contributed by atoms with Gasteiger partial charge in [0.25, 0.3) is 0 Å². The molecule has 4 nitrogen and oxygen atoms in total. The Labute approximate surface area is 130 Å². The summed E-state index contributed by atoms with van der Waals surface area (Å²) in [4.78, 5) is 15.3. The van der Waals surface area contributed by atoms with Crippen molar-refractivity contribution < 1.29 is 14.3 Å². The number of rotatable bonds is 5. The van der Waals surface area contributed by atoms with Gasteiger partial charge in [-0.1, -0.05) is 6.92 Å². The van der Waals surface area contributed by atoms with Crippen LogP contribution in [0.25, 0.3) is 0 Å². The quantitative estimate of drug-likeness (QED) is 0.784. The second kappa shape index (κ2) is 7.59. The Hall–Kier alpha value is -1.36. The Morgan fingerprint density at radius 1 is 1.33 bits per heavy atom. The van der Waals surface area contributed by atoms with E-state index < -0.39 is 0 Å². The van der Waals surface area contributed by atoms with Crippen LogP contribution in [0.3, 0.4) is 0 Å². The van der Waals surface area contributed by atoms with Crippen molar-refractivity contribution in [3.05, 3.63) is 18.2 Å². The monoisotopic (exact) mass is 309 g/mol. The molecule has 1 aliphatic heterocycles. The van der Waals surface area contributed by atoms with E-state index in [4.69, 9.17) is 9.47 Å². The van der Waals surface area contributed by atoms with Crippen LogP contribution in [0.4, 0.5) is 0 Å². The van der Waals surface area contributed by atoms with Gasteiger partial charge in [0, 0.05) is 18.0 Å². The number of methoxy groups -OCH3 is 2. The van der Waals surface area contributed by atoms with Crippen molar-refractivity contribution in [3.63, 3.8) is 0 Å². The normalized spacial score (nSPS) is 18.4. The van der Waals surface area contributed by atoms with Crippen LogP contribution < -0.4 is 9.47 Å². The van der Waals surface area contributed by atoms with Crippen LogP contribution >= 0.6 is 11.8 Å². The largest absolute Gasteiger partial charge is 0.493 e. The van der Waals surface area contributed by atoms with Crippen molar-refractivity contribution in [2.45, 2.75) is 24.7 Å². The first-order valence-electron chi connectivity index (χ1n) is 7.26. The number of likely N-dealkylation sites (tertiary alicyclic amines) is 1. The third kappa shape index (κ3) is 4.30. The first kappa shape index (κ1) is 16.0. The molecule has 0 aliphatic carbocycles. The maximum atomic E-state index is 12.2. The number of piperidine rings is 1. The van der Waals surface area contributed by atoms with Gasteiger partial charge in [0.05, 0.1) is 20.0 Å². The van der Waals surface area contributed by atoms with E-state index in [1.54, 1.807) is 26.0 Å². The number of carbonyl (C=O) groups excluding carboxylic acids is 1. The van der Waals surface area contributed by atoms with E-state index in [2.05, 4.69) is 6.92 Å². The highest BCUT2D eigenvalue weighted by molar-refractivity contribution is 8.00. The summed E-state index contributed by atoms with van der Waals surface area (Å²) in [6.07, 6.45) is 2.35. The van der Waals surface area contributed by atoms with Gasteiger partial charge in [-0.25, -0.2) is 0 Å². The van der Waals surface area contributed by atoms with Crippen molar-refractivity contribution in [2.75, 3.05) is 33.1 Å². The van der Waals surface area contributed by atoms with Gasteiger partial charge in [-0.2, -0.15) is 0 Å². The number of benzene rings is 1. The fourth-order valence-electron chi connectivity index (χ4n) is 2.56. The molecule has 1 aliphatic rings. The maximum absolute atomic E-state index is 12.2. The molecule has 1 aromatic rings. The fraction of sp³-hybridized carbons (Fsp3) is 0.562. The van der Waals surface area contributed by atoms with E-state index in [0.29, 0.717) is 23.2 Å². The molecule has 0 bridgehead atoms. The highest BCUT2D eigenvalue weighted by Gasteiger charge is 2.20. The van der Waals surface area contributed by atoms with E-state index >= 15 is 0 Å². The standard InChI is InChI=1S/C16H23NO3S/c1-12-5-4-8-17(10-12)16(18)11-21-13-6-7-14(19-2)15(9-13)20-3/h6-7,9,12H,4-5,8,10-11H2,1-3H3/t12-/m0/s1. The summed E-state index contributed by atoms with van der Waals surface area (Å²) in [5, 5.41) is 0. The lowest BCUT2D eigenvalue weighted by atomic mass is 10.0. The molecule has 116 valence electrons. The lowest BCUT2D eigenvalue weighted by molar-refractivity contribution is -0.130. The van der Waals surface area contributed by atoms with Gasteiger partial charge in [0.15, 0.2) is 11.5 Å². The average molecular weight is 309 g/mol. The summed E-state index contributed by atoms with van der Waals surface area (Å²) < 4.78 is 10.5. The first-order valence-corrected chi connectivity index (χ1v) is 8.25. The Morgan fingerprint density at radius 3 is 2.76 bits per heavy atom. The second-order valence-corrected chi connectivity index (χ2v) is 6.44. The maximum Gasteiger partial charge on any atom is 0.232 e. The molecule has 0 aromatic heterocycles. The molecule has 0 N–H and O–H groups in total. The minimum absolute atomic E-state index is 0.223. The summed E-state index contributed by atoms with van der Waals surface area (Å²) in [7, 11) is 3.23. The Kier molecular flexibility index (Phi) is 5.79. The summed E-state index contributed by atoms with van der Waals surface area (Å²) >= 11 is 1.55. The van der Waals surface area contributed by atoms with E-state index in [-0.39, 0.29) is 5.91 Å². The molecule has 0 unspecified atom stereocenters. The van der Waals surface area contributed by atoms with E-state index in [1.165, 1.54) is 6.42 Å². The molecule has 0 radical (unpaired) electrons. The minimum Gasteiger partial charge on any atom is -0.493 e. The average Bonchev–Trinajstić information content (AvgIpc) is 2.52. The van der Waals surface area contributed by atoms with Gasteiger partial charge >= 0.3 is 0 Å². The zero-order valence-corrected chi connectivity index (χ0v) is 13.7. The van der Waals surface area contributed by atoms with Crippen molar-refractivity contribution >= 4 is 17.7 Å². The highest BCUT2D eigenvalue weighted by atomic mass is 32.2. The number of nitrogens with zero attached hydrogens (tertiary/aromatic N) is 1. The summed E-state index contributed by atoms with van der Waals surface area (Å²) in [6.45, 7) is 4.00. The molecule has 1 atom stereocenters. The number of amides is 1. The molecular weight excluding hydrogens is 286 g/mol. The molecule has 0 saturated carbocycles. The molecule has 2 rings (SSSR count). The zero-order chi connectivity index (χ0) is 15.2. The molecule has 1 heterocycles. The lowest BCUT2D eigenvalue weighted by Crippen LogP contribution is -2.40. The number of hydrogen-bond donors (Lipinski definition) is 0. The zero-order valence-electron chi connectivity index (χ0n) is 12.9. The molecular formula is C16H23NO3S. The predicted molar refractivity (Wildman–Crippen MR) is 85.2 cm³/mol. The van der Waals surface area contributed by atoms with Crippen LogP contribution in [0, 0.1) is 5.92 Å². The van der Waals surface area contributed by atoms with Gasteiger partial charge in [-0.3, -0.25) is 4.79 Å². The number of hydrogen-bond acceptors (Lipinski definition) is 4. The SMILES string of the molecule is COc1ccc(SCC(=O)N2CCC[C@H](C)C2)cc1OC. The van der Waals surface area contributed by atoms with E-state index in [0.717, 1.165) is 24.4 Å². The Bertz CT molecular complexity index is 492. The summed E-state index contributed by atoms with van der Waals surface area (Å²) in [5.74, 6) is 2.72. The third-order valence-electron chi connectivity index (χ3n) is 3.73. The first-order chi connectivity index (χ1) is 10.1.